The normalized spacial score (nSPS) is 10.7. The van der Waals surface area contributed by atoms with E-state index >= 15 is 0 Å². The maximum Gasteiger partial charge on any atom is 0.131 e. The Balaban J connectivity index is 2.29. The van der Waals surface area contributed by atoms with Crippen LogP contribution in [0.3, 0.4) is 0 Å². The average Bonchev–Trinajstić information content (AvgIpc) is 2.77. The number of nitrogens with zero attached hydrogens (tertiary/aromatic N) is 3. The highest BCUT2D eigenvalue weighted by molar-refractivity contribution is 5.88. The highest BCUT2D eigenvalue weighted by Gasteiger charge is 2.19. The van der Waals surface area contributed by atoms with Crippen molar-refractivity contribution in [3.8, 4) is 22.4 Å². The van der Waals surface area contributed by atoms with Crippen LogP contribution in [0.2, 0.25) is 0 Å². The molecule has 4 nitrogen and oxygen atoms in total. The van der Waals surface area contributed by atoms with Crippen molar-refractivity contribution in [2.24, 2.45) is 7.05 Å². The smallest absolute Gasteiger partial charge is 0.131 e. The lowest BCUT2D eigenvalue weighted by molar-refractivity contribution is 0.631. The van der Waals surface area contributed by atoms with E-state index < -0.39 is 0 Å². The van der Waals surface area contributed by atoms with Crippen molar-refractivity contribution in [1.29, 1.82) is 0 Å². The first-order valence-corrected chi connectivity index (χ1v) is 6.16. The summed E-state index contributed by atoms with van der Waals surface area (Å²) in [6, 6.07) is 10.2. The molecule has 0 saturated heterocycles. The van der Waals surface area contributed by atoms with Crippen LogP contribution in [0.4, 0.5) is 10.2 Å². The highest BCUT2D eigenvalue weighted by atomic mass is 19.1. The second-order valence-corrected chi connectivity index (χ2v) is 4.45. The van der Waals surface area contributed by atoms with Crippen molar-refractivity contribution in [3.05, 3.63) is 54.6 Å². The van der Waals surface area contributed by atoms with Gasteiger partial charge in [-0.3, -0.25) is 9.67 Å². The largest absolute Gasteiger partial charge is 0.383 e. The van der Waals surface area contributed by atoms with Gasteiger partial charge in [-0.15, -0.1) is 0 Å². The van der Waals surface area contributed by atoms with E-state index in [2.05, 4.69) is 10.1 Å². The molecule has 0 unspecified atom stereocenters. The molecular weight excluding hydrogens is 255 g/mol. The second-order valence-electron chi connectivity index (χ2n) is 4.45. The first-order chi connectivity index (χ1) is 9.68. The predicted molar refractivity (Wildman–Crippen MR) is 76.2 cm³/mol. The molecule has 2 aromatic heterocycles. The molecular formula is C15H13FN4. The standard InChI is InChI=1S/C15H13FN4/c1-20-15(17)13(11-6-2-3-7-12(11)16)14(19-20)10-5-4-8-18-9-10/h2-9H,17H2,1H3. The zero-order chi connectivity index (χ0) is 14.1. The predicted octanol–water partition coefficient (Wildman–Crippen LogP) is 2.87. The van der Waals surface area contributed by atoms with Crippen molar-refractivity contribution >= 4 is 5.82 Å². The molecule has 0 saturated carbocycles. The molecule has 2 heterocycles. The van der Waals surface area contributed by atoms with Gasteiger partial charge in [-0.1, -0.05) is 18.2 Å². The van der Waals surface area contributed by atoms with Gasteiger partial charge in [0.2, 0.25) is 0 Å². The summed E-state index contributed by atoms with van der Waals surface area (Å²) >= 11 is 0. The number of aryl methyl sites for hydroxylation is 1. The lowest BCUT2D eigenvalue weighted by Gasteiger charge is -2.05. The number of aromatic nitrogens is 3. The fourth-order valence-corrected chi connectivity index (χ4v) is 2.17. The summed E-state index contributed by atoms with van der Waals surface area (Å²) in [6.45, 7) is 0. The minimum Gasteiger partial charge on any atom is -0.383 e. The molecule has 20 heavy (non-hydrogen) atoms. The van der Waals surface area contributed by atoms with E-state index in [0.717, 1.165) is 5.56 Å². The zero-order valence-electron chi connectivity index (χ0n) is 10.9. The summed E-state index contributed by atoms with van der Waals surface area (Å²) in [5.74, 6) is 0.103. The van der Waals surface area contributed by atoms with Crippen LogP contribution >= 0.6 is 0 Å². The molecule has 5 heteroatoms. The molecule has 0 fully saturated rings. The third-order valence-corrected chi connectivity index (χ3v) is 3.17. The molecule has 0 amide bonds. The van der Waals surface area contributed by atoms with Gasteiger partial charge in [-0.25, -0.2) is 4.39 Å². The quantitative estimate of drug-likeness (QED) is 0.777. The molecule has 0 aliphatic carbocycles. The number of hydrogen-bond donors (Lipinski definition) is 1. The van der Waals surface area contributed by atoms with Crippen LogP contribution in [-0.2, 0) is 7.05 Å². The van der Waals surface area contributed by atoms with E-state index in [1.807, 2.05) is 12.1 Å². The van der Waals surface area contributed by atoms with E-state index in [1.54, 1.807) is 42.3 Å². The van der Waals surface area contributed by atoms with Gasteiger partial charge in [0.15, 0.2) is 0 Å². The molecule has 0 aliphatic heterocycles. The van der Waals surface area contributed by atoms with Crippen molar-refractivity contribution < 1.29 is 4.39 Å². The van der Waals surface area contributed by atoms with Crippen LogP contribution in [0.15, 0.2) is 48.8 Å². The minimum atomic E-state index is -0.322. The van der Waals surface area contributed by atoms with Gasteiger partial charge in [0.05, 0.1) is 5.56 Å². The first-order valence-electron chi connectivity index (χ1n) is 6.16. The Bertz CT molecular complexity index is 750. The topological polar surface area (TPSA) is 56.7 Å². The number of nitrogen functional groups attached to an aromatic ring is 1. The maximum absolute atomic E-state index is 14.1. The van der Waals surface area contributed by atoms with Crippen molar-refractivity contribution in [2.75, 3.05) is 5.73 Å². The lowest BCUT2D eigenvalue weighted by atomic mass is 10.0. The zero-order valence-corrected chi connectivity index (χ0v) is 10.9. The van der Waals surface area contributed by atoms with Gasteiger partial charge in [-0.2, -0.15) is 5.10 Å². The number of halogens is 1. The summed E-state index contributed by atoms with van der Waals surface area (Å²) in [5.41, 5.74) is 8.52. The van der Waals surface area contributed by atoms with E-state index in [0.29, 0.717) is 22.6 Å². The average molecular weight is 268 g/mol. The van der Waals surface area contributed by atoms with E-state index in [-0.39, 0.29) is 5.82 Å². The highest BCUT2D eigenvalue weighted by Crippen LogP contribution is 2.36. The molecule has 0 spiro atoms. The molecule has 1 aromatic carbocycles. The maximum atomic E-state index is 14.1. The van der Waals surface area contributed by atoms with Crippen molar-refractivity contribution in [2.45, 2.75) is 0 Å². The van der Waals surface area contributed by atoms with Gasteiger partial charge in [-0.05, 0) is 18.2 Å². The van der Waals surface area contributed by atoms with Crippen molar-refractivity contribution in [1.82, 2.24) is 14.8 Å². The molecule has 3 aromatic rings. The monoisotopic (exact) mass is 268 g/mol. The van der Waals surface area contributed by atoms with Crippen molar-refractivity contribution in [3.63, 3.8) is 0 Å². The Kier molecular flexibility index (Phi) is 2.95. The van der Waals surface area contributed by atoms with Gasteiger partial charge in [0, 0.05) is 30.6 Å². The molecule has 0 radical (unpaired) electrons. The van der Waals surface area contributed by atoms with Crippen LogP contribution in [0.25, 0.3) is 22.4 Å². The number of benzene rings is 1. The van der Waals surface area contributed by atoms with Crippen LogP contribution in [-0.4, -0.2) is 14.8 Å². The molecule has 0 aliphatic rings. The molecule has 0 atom stereocenters. The van der Waals surface area contributed by atoms with Crippen LogP contribution in [0.1, 0.15) is 0 Å². The van der Waals surface area contributed by atoms with Crippen LogP contribution in [0, 0.1) is 5.82 Å². The number of rotatable bonds is 2. The molecule has 0 bridgehead atoms. The van der Waals surface area contributed by atoms with Gasteiger partial charge < -0.3 is 5.73 Å². The number of pyridine rings is 1. The third kappa shape index (κ3) is 1.93. The number of hydrogen-bond acceptors (Lipinski definition) is 3. The van der Waals surface area contributed by atoms with Gasteiger partial charge >= 0.3 is 0 Å². The van der Waals surface area contributed by atoms with Crippen LogP contribution in [0.5, 0.6) is 0 Å². The van der Waals surface area contributed by atoms with Crippen LogP contribution < -0.4 is 5.73 Å². The third-order valence-electron chi connectivity index (χ3n) is 3.17. The summed E-state index contributed by atoms with van der Waals surface area (Å²) < 4.78 is 15.6. The Labute approximate surface area is 115 Å². The van der Waals surface area contributed by atoms with E-state index in [1.165, 1.54) is 6.07 Å². The number of nitrogens with two attached hydrogens (primary N) is 1. The first kappa shape index (κ1) is 12.3. The molecule has 2 N–H and O–H groups in total. The minimum absolute atomic E-state index is 0.322. The molecule has 100 valence electrons. The van der Waals surface area contributed by atoms with Gasteiger partial charge in [0.1, 0.15) is 17.3 Å². The lowest BCUT2D eigenvalue weighted by Crippen LogP contribution is -1.98. The fourth-order valence-electron chi connectivity index (χ4n) is 2.17. The Morgan fingerprint density at radius 1 is 1.15 bits per heavy atom. The number of anilines is 1. The van der Waals surface area contributed by atoms with E-state index in [4.69, 9.17) is 5.73 Å². The Morgan fingerprint density at radius 3 is 2.65 bits per heavy atom. The SMILES string of the molecule is Cn1nc(-c2cccnc2)c(-c2ccccc2F)c1N. The Morgan fingerprint density at radius 2 is 1.95 bits per heavy atom. The second kappa shape index (κ2) is 4.77. The fraction of sp³-hybridized carbons (Fsp3) is 0.0667. The van der Waals surface area contributed by atoms with E-state index in [9.17, 15) is 4.39 Å². The Hall–Kier alpha value is -2.69. The molecule has 3 rings (SSSR count). The van der Waals surface area contributed by atoms with Gasteiger partial charge in [0.25, 0.3) is 0 Å². The summed E-state index contributed by atoms with van der Waals surface area (Å²) in [4.78, 5) is 4.07. The summed E-state index contributed by atoms with van der Waals surface area (Å²) in [5, 5.41) is 4.38. The summed E-state index contributed by atoms with van der Waals surface area (Å²) in [6.07, 6.45) is 3.37. The summed E-state index contributed by atoms with van der Waals surface area (Å²) in [7, 11) is 1.74.